The second-order valence-corrected chi connectivity index (χ2v) is 4.63. The van der Waals surface area contributed by atoms with Crippen molar-refractivity contribution in [3.8, 4) is 5.75 Å². The number of halogens is 3. The normalized spacial score (nSPS) is 12.2. The van der Waals surface area contributed by atoms with E-state index in [9.17, 15) is 8.78 Å². The van der Waals surface area contributed by atoms with Crippen LogP contribution in [0.15, 0.2) is 42.5 Å². The zero-order chi connectivity index (χ0) is 14.5. The van der Waals surface area contributed by atoms with Gasteiger partial charge in [-0.15, -0.1) is 0 Å². The van der Waals surface area contributed by atoms with Gasteiger partial charge in [-0.1, -0.05) is 17.7 Å². The molecule has 0 fully saturated rings. The Bertz CT molecular complexity index is 575. The molecule has 0 saturated heterocycles. The lowest BCUT2D eigenvalue weighted by atomic mass is 10.1. The van der Waals surface area contributed by atoms with Gasteiger partial charge in [-0.3, -0.25) is 5.84 Å². The topological polar surface area (TPSA) is 47.3 Å². The Hall–Kier alpha value is -1.69. The molecule has 0 radical (unpaired) electrons. The summed E-state index contributed by atoms with van der Waals surface area (Å²) < 4.78 is 31.9. The van der Waals surface area contributed by atoms with Crippen LogP contribution in [0.4, 0.5) is 8.78 Å². The van der Waals surface area contributed by atoms with Crippen molar-refractivity contribution in [3.63, 3.8) is 0 Å². The van der Waals surface area contributed by atoms with Crippen LogP contribution >= 0.6 is 11.6 Å². The molecule has 0 aliphatic heterocycles. The first-order valence-corrected chi connectivity index (χ1v) is 6.27. The summed E-state index contributed by atoms with van der Waals surface area (Å²) in [4.78, 5) is 0. The van der Waals surface area contributed by atoms with Crippen molar-refractivity contribution in [3.05, 3.63) is 64.7 Å². The van der Waals surface area contributed by atoms with Crippen molar-refractivity contribution in [2.45, 2.75) is 6.04 Å². The van der Waals surface area contributed by atoms with E-state index in [1.54, 1.807) is 24.3 Å². The molecule has 106 valence electrons. The first-order chi connectivity index (χ1) is 9.58. The second-order valence-electron chi connectivity index (χ2n) is 4.19. The van der Waals surface area contributed by atoms with Gasteiger partial charge in [0.2, 0.25) is 0 Å². The Morgan fingerprint density at radius 3 is 2.45 bits per heavy atom. The third-order valence-corrected chi connectivity index (χ3v) is 2.94. The van der Waals surface area contributed by atoms with Gasteiger partial charge in [0.05, 0.1) is 6.04 Å². The number of hydrogen-bond acceptors (Lipinski definition) is 3. The molecular weight excluding hydrogens is 286 g/mol. The Morgan fingerprint density at radius 1 is 1.15 bits per heavy atom. The molecule has 0 spiro atoms. The molecule has 2 rings (SSSR count). The highest BCUT2D eigenvalue weighted by atomic mass is 35.5. The highest BCUT2D eigenvalue weighted by Crippen LogP contribution is 2.20. The van der Waals surface area contributed by atoms with Crippen molar-refractivity contribution in [1.82, 2.24) is 5.43 Å². The average molecular weight is 299 g/mol. The van der Waals surface area contributed by atoms with Crippen LogP contribution in [-0.4, -0.2) is 6.61 Å². The van der Waals surface area contributed by atoms with Crippen molar-refractivity contribution in [2.24, 2.45) is 5.84 Å². The molecular formula is C14H13ClF2N2O. The summed E-state index contributed by atoms with van der Waals surface area (Å²) in [6.07, 6.45) is 0. The maximum absolute atomic E-state index is 13.2. The predicted octanol–water partition coefficient (Wildman–Crippen LogP) is 3.20. The number of nitrogens with one attached hydrogen (secondary N) is 1. The Labute approximate surface area is 120 Å². The molecule has 0 heterocycles. The fourth-order valence-corrected chi connectivity index (χ4v) is 1.93. The molecule has 2 aromatic rings. The Balaban J connectivity index is 2.09. The van der Waals surface area contributed by atoms with E-state index in [0.29, 0.717) is 16.3 Å². The maximum Gasteiger partial charge on any atom is 0.126 e. The smallest absolute Gasteiger partial charge is 0.126 e. The molecule has 0 saturated carbocycles. The third-order valence-electron chi connectivity index (χ3n) is 2.70. The maximum atomic E-state index is 13.2. The lowest BCUT2D eigenvalue weighted by molar-refractivity contribution is 0.267. The fraction of sp³-hybridized carbons (Fsp3) is 0.143. The summed E-state index contributed by atoms with van der Waals surface area (Å²) in [5.41, 5.74) is 2.83. The van der Waals surface area contributed by atoms with E-state index >= 15 is 0 Å². The van der Waals surface area contributed by atoms with Crippen LogP contribution in [-0.2, 0) is 0 Å². The average Bonchev–Trinajstić information content (AvgIpc) is 2.38. The highest BCUT2D eigenvalue weighted by molar-refractivity contribution is 6.30. The lowest BCUT2D eigenvalue weighted by Gasteiger charge is -2.17. The fourth-order valence-electron chi connectivity index (χ4n) is 1.75. The molecule has 3 N–H and O–H groups in total. The minimum Gasteiger partial charge on any atom is -0.492 e. The lowest BCUT2D eigenvalue weighted by Crippen LogP contribution is -2.32. The summed E-state index contributed by atoms with van der Waals surface area (Å²) in [5, 5.41) is 0.538. The van der Waals surface area contributed by atoms with E-state index in [4.69, 9.17) is 22.2 Å². The van der Waals surface area contributed by atoms with E-state index in [0.717, 1.165) is 6.07 Å². The predicted molar refractivity (Wildman–Crippen MR) is 73.4 cm³/mol. The van der Waals surface area contributed by atoms with Crippen molar-refractivity contribution in [1.29, 1.82) is 0 Å². The molecule has 0 amide bonds. The summed E-state index contributed by atoms with van der Waals surface area (Å²) in [6.45, 7) is 0.111. The SMILES string of the molecule is NNC(COc1cccc(Cl)c1)c1cc(F)cc(F)c1. The van der Waals surface area contributed by atoms with E-state index in [-0.39, 0.29) is 6.61 Å². The van der Waals surface area contributed by atoms with E-state index in [1.807, 2.05) is 0 Å². The first kappa shape index (κ1) is 14.7. The monoisotopic (exact) mass is 298 g/mol. The van der Waals surface area contributed by atoms with Crippen LogP contribution in [0.2, 0.25) is 5.02 Å². The molecule has 0 bridgehead atoms. The zero-order valence-corrected chi connectivity index (χ0v) is 11.2. The van der Waals surface area contributed by atoms with E-state index in [2.05, 4.69) is 5.43 Å². The van der Waals surface area contributed by atoms with Crippen LogP contribution < -0.4 is 16.0 Å². The molecule has 1 atom stereocenters. The van der Waals surface area contributed by atoms with Gasteiger partial charge in [0.15, 0.2) is 0 Å². The van der Waals surface area contributed by atoms with Gasteiger partial charge >= 0.3 is 0 Å². The van der Waals surface area contributed by atoms with Crippen LogP contribution in [0.25, 0.3) is 0 Å². The van der Waals surface area contributed by atoms with E-state index < -0.39 is 17.7 Å². The molecule has 1 unspecified atom stereocenters. The molecule has 0 aliphatic carbocycles. The van der Waals surface area contributed by atoms with Crippen LogP contribution in [0.1, 0.15) is 11.6 Å². The largest absolute Gasteiger partial charge is 0.492 e. The van der Waals surface area contributed by atoms with Gasteiger partial charge in [-0.25, -0.2) is 14.2 Å². The van der Waals surface area contributed by atoms with Crippen LogP contribution in [0.3, 0.4) is 0 Å². The summed E-state index contributed by atoms with van der Waals surface area (Å²) in [7, 11) is 0. The molecule has 0 aromatic heterocycles. The molecule has 2 aromatic carbocycles. The van der Waals surface area contributed by atoms with Gasteiger partial charge in [-0.2, -0.15) is 0 Å². The quantitative estimate of drug-likeness (QED) is 0.658. The molecule has 0 aliphatic rings. The van der Waals surface area contributed by atoms with Crippen molar-refractivity contribution < 1.29 is 13.5 Å². The number of hydrazine groups is 1. The summed E-state index contributed by atoms with van der Waals surface area (Å²) >= 11 is 5.83. The summed E-state index contributed by atoms with van der Waals surface area (Å²) in [6, 6.07) is 9.49. The highest BCUT2D eigenvalue weighted by Gasteiger charge is 2.13. The number of rotatable bonds is 5. The van der Waals surface area contributed by atoms with Gasteiger partial charge < -0.3 is 4.74 Å². The molecule has 20 heavy (non-hydrogen) atoms. The molecule has 3 nitrogen and oxygen atoms in total. The van der Waals surface area contributed by atoms with Gasteiger partial charge in [0.25, 0.3) is 0 Å². The minimum absolute atomic E-state index is 0.111. The number of benzene rings is 2. The minimum atomic E-state index is -0.664. The second kappa shape index (κ2) is 6.65. The van der Waals surface area contributed by atoms with Crippen molar-refractivity contribution >= 4 is 11.6 Å². The summed E-state index contributed by atoms with van der Waals surface area (Å²) in [5.74, 6) is 4.62. The van der Waals surface area contributed by atoms with E-state index in [1.165, 1.54) is 12.1 Å². The number of ether oxygens (including phenoxy) is 1. The van der Waals surface area contributed by atoms with Gasteiger partial charge in [0.1, 0.15) is 24.0 Å². The Kier molecular flexibility index (Phi) is 4.89. The Morgan fingerprint density at radius 2 is 1.85 bits per heavy atom. The first-order valence-electron chi connectivity index (χ1n) is 5.89. The number of nitrogens with two attached hydrogens (primary N) is 1. The van der Waals surface area contributed by atoms with Gasteiger partial charge in [0, 0.05) is 11.1 Å². The zero-order valence-electron chi connectivity index (χ0n) is 10.4. The van der Waals surface area contributed by atoms with Gasteiger partial charge in [-0.05, 0) is 35.9 Å². The van der Waals surface area contributed by atoms with Crippen LogP contribution in [0, 0.1) is 11.6 Å². The third kappa shape index (κ3) is 3.90. The van der Waals surface area contributed by atoms with Crippen molar-refractivity contribution in [2.75, 3.05) is 6.61 Å². The van der Waals surface area contributed by atoms with Crippen LogP contribution in [0.5, 0.6) is 5.75 Å². The molecule has 6 heteroatoms. The standard InChI is InChI=1S/C14H13ClF2N2O/c15-10-2-1-3-13(6-10)20-8-14(19-18)9-4-11(16)7-12(17)5-9/h1-7,14,19H,8,18H2. The number of hydrogen-bond donors (Lipinski definition) is 2.